The molecule has 0 rings (SSSR count). The Morgan fingerprint density at radius 2 is 1.58 bits per heavy atom. The molecule has 0 saturated carbocycles. The Bertz CT molecular complexity index is 311. The first kappa shape index (κ1) is 18.0. The van der Waals surface area contributed by atoms with Gasteiger partial charge in [-0.15, -0.1) is 0 Å². The molecule has 114 valence electrons. The van der Waals surface area contributed by atoms with Crippen LogP contribution in [0.2, 0.25) is 0 Å². The molecule has 0 bridgehead atoms. The molecule has 0 amide bonds. The topological polar surface area (TPSA) is 26.3 Å². The summed E-state index contributed by atoms with van der Waals surface area (Å²) < 4.78 is 89.6. The lowest BCUT2D eigenvalue weighted by atomic mass is 10.1. The minimum Gasteiger partial charge on any atom is -0.461 e. The van der Waals surface area contributed by atoms with Crippen molar-refractivity contribution in [2.45, 2.75) is 44.7 Å². The van der Waals surface area contributed by atoms with Crippen LogP contribution in [0.1, 0.15) is 26.7 Å². The number of halogens is 7. The van der Waals surface area contributed by atoms with E-state index in [4.69, 9.17) is 0 Å². The molecule has 0 fully saturated rings. The SMILES string of the molecule is CCCC(C)COC(=O)C(F)(F)C(F)(F)C(F)(F)F. The molecule has 19 heavy (non-hydrogen) atoms. The maximum Gasteiger partial charge on any atom is 0.460 e. The molecule has 0 N–H and O–H groups in total. The molecule has 2 nitrogen and oxygen atoms in total. The first-order valence-corrected chi connectivity index (χ1v) is 5.37. The van der Waals surface area contributed by atoms with E-state index in [2.05, 4.69) is 4.74 Å². The van der Waals surface area contributed by atoms with Gasteiger partial charge >= 0.3 is 24.0 Å². The second kappa shape index (κ2) is 5.96. The van der Waals surface area contributed by atoms with Gasteiger partial charge in [0.2, 0.25) is 0 Å². The molecule has 0 aromatic rings. The molecule has 0 heterocycles. The fourth-order valence-corrected chi connectivity index (χ4v) is 1.19. The van der Waals surface area contributed by atoms with Crippen molar-refractivity contribution in [3.8, 4) is 0 Å². The first-order valence-electron chi connectivity index (χ1n) is 5.37. The third kappa shape index (κ3) is 3.97. The summed E-state index contributed by atoms with van der Waals surface area (Å²) in [6.07, 6.45) is -5.47. The zero-order valence-corrected chi connectivity index (χ0v) is 10.2. The molecular formula is C10H13F7O2. The summed E-state index contributed by atoms with van der Waals surface area (Å²) in [6.45, 7) is 2.58. The van der Waals surface area contributed by atoms with Gasteiger partial charge in [-0.05, 0) is 12.3 Å². The third-order valence-electron chi connectivity index (χ3n) is 2.29. The number of esters is 1. The van der Waals surface area contributed by atoms with E-state index in [1.807, 2.05) is 0 Å². The zero-order chi connectivity index (χ0) is 15.5. The van der Waals surface area contributed by atoms with Crippen LogP contribution in [0.15, 0.2) is 0 Å². The summed E-state index contributed by atoms with van der Waals surface area (Å²) >= 11 is 0. The monoisotopic (exact) mass is 298 g/mol. The number of hydrogen-bond acceptors (Lipinski definition) is 2. The third-order valence-corrected chi connectivity index (χ3v) is 2.29. The number of ether oxygens (including phenoxy) is 1. The van der Waals surface area contributed by atoms with Gasteiger partial charge in [0, 0.05) is 0 Å². The highest BCUT2D eigenvalue weighted by molar-refractivity contribution is 5.79. The van der Waals surface area contributed by atoms with E-state index in [0.717, 1.165) is 0 Å². The van der Waals surface area contributed by atoms with E-state index in [1.165, 1.54) is 6.92 Å². The van der Waals surface area contributed by atoms with Gasteiger partial charge in [-0.2, -0.15) is 30.7 Å². The average molecular weight is 298 g/mol. The Labute approximate surface area is 104 Å². The number of rotatable bonds is 6. The van der Waals surface area contributed by atoms with Crippen LogP contribution in [0.4, 0.5) is 30.7 Å². The maximum atomic E-state index is 12.8. The zero-order valence-electron chi connectivity index (χ0n) is 10.2. The average Bonchev–Trinajstić information content (AvgIpc) is 2.24. The first-order chi connectivity index (χ1) is 8.38. The summed E-state index contributed by atoms with van der Waals surface area (Å²) in [5, 5.41) is 0. The molecule has 0 spiro atoms. The Morgan fingerprint density at radius 1 is 1.11 bits per heavy atom. The second-order valence-electron chi connectivity index (χ2n) is 4.14. The summed E-state index contributed by atoms with van der Waals surface area (Å²) in [4.78, 5) is 10.7. The highest BCUT2D eigenvalue weighted by Gasteiger charge is 2.77. The van der Waals surface area contributed by atoms with Gasteiger partial charge in [-0.1, -0.05) is 20.3 Å². The van der Waals surface area contributed by atoms with Crippen molar-refractivity contribution in [2.75, 3.05) is 6.61 Å². The minimum atomic E-state index is -6.54. The van der Waals surface area contributed by atoms with Gasteiger partial charge < -0.3 is 4.74 Å². The van der Waals surface area contributed by atoms with E-state index in [1.54, 1.807) is 6.92 Å². The predicted octanol–water partition coefficient (Wildman–Crippen LogP) is 3.80. The molecule has 0 radical (unpaired) electrons. The fraction of sp³-hybridized carbons (Fsp3) is 0.900. The van der Waals surface area contributed by atoms with Gasteiger partial charge in [0.05, 0.1) is 6.61 Å². The van der Waals surface area contributed by atoms with Crippen molar-refractivity contribution in [3.63, 3.8) is 0 Å². The quantitative estimate of drug-likeness (QED) is 0.551. The lowest BCUT2D eigenvalue weighted by Gasteiger charge is -2.26. The summed E-state index contributed by atoms with van der Waals surface area (Å²) in [7, 11) is 0. The van der Waals surface area contributed by atoms with Crippen LogP contribution in [-0.2, 0) is 9.53 Å². The summed E-state index contributed by atoms with van der Waals surface area (Å²) in [5.41, 5.74) is 0. The van der Waals surface area contributed by atoms with Crippen LogP contribution in [0.3, 0.4) is 0 Å². The molecule has 9 heteroatoms. The van der Waals surface area contributed by atoms with E-state index >= 15 is 0 Å². The van der Waals surface area contributed by atoms with Gasteiger partial charge in [-0.25, -0.2) is 4.79 Å². The van der Waals surface area contributed by atoms with E-state index in [-0.39, 0.29) is 0 Å². The largest absolute Gasteiger partial charge is 0.461 e. The van der Waals surface area contributed by atoms with Crippen LogP contribution < -0.4 is 0 Å². The molecule has 0 aliphatic rings. The van der Waals surface area contributed by atoms with E-state index in [0.29, 0.717) is 12.8 Å². The molecule has 0 saturated heterocycles. The Hall–Kier alpha value is -1.02. The number of alkyl halides is 7. The van der Waals surface area contributed by atoms with Crippen LogP contribution >= 0.6 is 0 Å². The van der Waals surface area contributed by atoms with Gasteiger partial charge in [0.25, 0.3) is 0 Å². The van der Waals surface area contributed by atoms with Crippen LogP contribution in [0.25, 0.3) is 0 Å². The predicted molar refractivity (Wildman–Crippen MR) is 51.0 cm³/mol. The van der Waals surface area contributed by atoms with Crippen LogP contribution in [0.5, 0.6) is 0 Å². The van der Waals surface area contributed by atoms with Gasteiger partial charge in [0.15, 0.2) is 0 Å². The number of hydrogen-bond donors (Lipinski definition) is 0. The standard InChI is InChI=1S/C10H13F7O2/c1-3-4-6(2)5-19-7(18)8(11,12)9(13,14)10(15,16)17/h6H,3-5H2,1-2H3. The Morgan fingerprint density at radius 3 is 1.95 bits per heavy atom. The Balaban J connectivity index is 4.78. The van der Waals surface area contributed by atoms with Crippen molar-refractivity contribution in [1.82, 2.24) is 0 Å². The molecule has 0 aromatic carbocycles. The highest BCUT2D eigenvalue weighted by Crippen LogP contribution is 2.46. The summed E-state index contributed by atoms with van der Waals surface area (Å²) in [6, 6.07) is 0. The Kier molecular flexibility index (Phi) is 5.64. The van der Waals surface area contributed by atoms with Crippen molar-refractivity contribution < 1.29 is 40.3 Å². The van der Waals surface area contributed by atoms with Gasteiger partial charge in [0.1, 0.15) is 0 Å². The maximum absolute atomic E-state index is 12.8. The van der Waals surface area contributed by atoms with E-state index in [9.17, 15) is 35.5 Å². The normalized spacial score (nSPS) is 15.2. The van der Waals surface area contributed by atoms with Crippen molar-refractivity contribution in [2.24, 2.45) is 5.92 Å². The van der Waals surface area contributed by atoms with Crippen molar-refractivity contribution in [1.29, 1.82) is 0 Å². The number of carbonyl (C=O) groups is 1. The van der Waals surface area contributed by atoms with Crippen LogP contribution in [0, 0.1) is 5.92 Å². The summed E-state index contributed by atoms with van der Waals surface area (Å²) in [5.74, 6) is -15.7. The molecule has 1 unspecified atom stereocenters. The smallest absolute Gasteiger partial charge is 0.460 e. The molecule has 1 atom stereocenters. The fourth-order valence-electron chi connectivity index (χ4n) is 1.19. The molecule has 0 aliphatic heterocycles. The lowest BCUT2D eigenvalue weighted by Crippen LogP contribution is -2.56. The van der Waals surface area contributed by atoms with Crippen molar-refractivity contribution in [3.05, 3.63) is 0 Å². The number of carbonyl (C=O) groups excluding carboxylic acids is 1. The van der Waals surface area contributed by atoms with E-state index < -0.39 is 36.5 Å². The lowest BCUT2D eigenvalue weighted by molar-refractivity contribution is -0.348. The minimum absolute atomic E-state index is 0.413. The molecular weight excluding hydrogens is 285 g/mol. The van der Waals surface area contributed by atoms with Crippen molar-refractivity contribution >= 4 is 5.97 Å². The molecule has 0 aliphatic carbocycles. The van der Waals surface area contributed by atoms with Gasteiger partial charge in [-0.3, -0.25) is 0 Å². The van der Waals surface area contributed by atoms with Crippen LogP contribution in [-0.4, -0.2) is 30.6 Å². The molecule has 0 aromatic heterocycles. The second-order valence-corrected chi connectivity index (χ2v) is 4.14. The highest BCUT2D eigenvalue weighted by atomic mass is 19.4.